The van der Waals surface area contributed by atoms with E-state index in [-0.39, 0.29) is 17.3 Å². The molecule has 0 saturated heterocycles. The van der Waals surface area contributed by atoms with Gasteiger partial charge in [-0.2, -0.15) is 0 Å². The summed E-state index contributed by atoms with van der Waals surface area (Å²) < 4.78 is 27.6. The zero-order chi connectivity index (χ0) is 25.4. The molecule has 8 heteroatoms. The second-order valence-electron chi connectivity index (χ2n) is 8.11. The molecule has 0 aliphatic carbocycles. The first-order valence-electron chi connectivity index (χ1n) is 11.1. The first-order valence-corrected chi connectivity index (χ1v) is 11.1. The summed E-state index contributed by atoms with van der Waals surface area (Å²) in [5.41, 5.74) is 2.52. The number of ketones is 1. The normalized spacial score (nSPS) is 11.0. The Hall–Kier alpha value is -4.72. The monoisotopic (exact) mass is 485 g/mol. The molecule has 0 spiro atoms. The van der Waals surface area contributed by atoms with Crippen LogP contribution in [0.4, 0.5) is 5.69 Å². The lowest BCUT2D eigenvalue weighted by atomic mass is 10.0. The van der Waals surface area contributed by atoms with Crippen molar-refractivity contribution in [2.75, 3.05) is 26.6 Å². The fourth-order valence-corrected chi connectivity index (χ4v) is 4.13. The number of ether oxygens (including phenoxy) is 3. The number of nitrogens with one attached hydrogen (secondary N) is 1. The molecule has 0 radical (unpaired) electrons. The Morgan fingerprint density at radius 2 is 1.64 bits per heavy atom. The van der Waals surface area contributed by atoms with Crippen LogP contribution in [0.2, 0.25) is 0 Å². The summed E-state index contributed by atoms with van der Waals surface area (Å²) >= 11 is 0. The molecule has 1 amide bonds. The van der Waals surface area contributed by atoms with E-state index in [4.69, 9.17) is 23.0 Å². The summed E-state index contributed by atoms with van der Waals surface area (Å²) in [5.74, 6) is 1.08. The number of benzene rings is 3. The number of anilines is 1. The summed E-state index contributed by atoms with van der Waals surface area (Å²) in [6, 6.07) is 17.3. The van der Waals surface area contributed by atoms with Crippen LogP contribution in [0.5, 0.6) is 17.2 Å². The predicted molar refractivity (Wildman–Crippen MR) is 135 cm³/mol. The van der Waals surface area contributed by atoms with Crippen molar-refractivity contribution in [2.45, 2.75) is 6.92 Å². The molecule has 1 N–H and O–H groups in total. The van der Waals surface area contributed by atoms with Crippen molar-refractivity contribution in [1.29, 1.82) is 0 Å². The second-order valence-corrected chi connectivity index (χ2v) is 8.11. The van der Waals surface area contributed by atoms with Gasteiger partial charge in [0.1, 0.15) is 17.1 Å². The second kappa shape index (κ2) is 9.14. The average Bonchev–Trinajstić information content (AvgIpc) is 3.49. The molecular formula is C28H23NO7. The largest absolute Gasteiger partial charge is 0.497 e. The van der Waals surface area contributed by atoms with Crippen LogP contribution < -0.4 is 19.5 Å². The average molecular weight is 485 g/mol. The van der Waals surface area contributed by atoms with Crippen molar-refractivity contribution in [1.82, 2.24) is 0 Å². The van der Waals surface area contributed by atoms with Crippen LogP contribution in [0.25, 0.3) is 21.9 Å². The number of hydrogen-bond donors (Lipinski definition) is 1. The molecule has 0 aliphatic heterocycles. The number of aryl methyl sites for hydroxylation is 1. The van der Waals surface area contributed by atoms with Gasteiger partial charge >= 0.3 is 0 Å². The third kappa shape index (κ3) is 3.92. The van der Waals surface area contributed by atoms with Crippen LogP contribution in [-0.4, -0.2) is 33.0 Å². The molecule has 182 valence electrons. The Kier molecular flexibility index (Phi) is 5.85. The van der Waals surface area contributed by atoms with E-state index in [2.05, 4.69) is 5.32 Å². The lowest BCUT2D eigenvalue weighted by molar-refractivity contribution is 0.0994. The number of hydrogen-bond acceptors (Lipinski definition) is 7. The van der Waals surface area contributed by atoms with Gasteiger partial charge in [-0.05, 0) is 55.5 Å². The van der Waals surface area contributed by atoms with E-state index < -0.39 is 5.91 Å². The third-order valence-corrected chi connectivity index (χ3v) is 6.00. The molecule has 0 bridgehead atoms. The van der Waals surface area contributed by atoms with Crippen molar-refractivity contribution in [2.24, 2.45) is 0 Å². The topological polar surface area (TPSA) is 100 Å². The van der Waals surface area contributed by atoms with Gasteiger partial charge in [-0.15, -0.1) is 0 Å². The number of amides is 1. The molecule has 2 aromatic heterocycles. The number of furan rings is 2. The SMILES string of the molecule is COc1ccc(OC)c(C(=O)c2oc3ccc(NC(=O)c4cc5cccc(OC)c5o4)cc3c2C)c1. The van der Waals surface area contributed by atoms with Gasteiger partial charge in [-0.1, -0.05) is 12.1 Å². The van der Waals surface area contributed by atoms with Gasteiger partial charge in [0.05, 0.1) is 26.9 Å². The van der Waals surface area contributed by atoms with Crippen LogP contribution in [0.1, 0.15) is 32.2 Å². The highest BCUT2D eigenvalue weighted by atomic mass is 16.5. The number of methoxy groups -OCH3 is 3. The fraction of sp³-hybridized carbons (Fsp3) is 0.143. The third-order valence-electron chi connectivity index (χ3n) is 6.00. The standard InChI is InChI=1S/C28H23NO7/c1-15-19-13-17(29-28(31)24-12-16-6-5-7-23(34-4)27(16)36-24)8-10-22(19)35-26(15)25(30)20-14-18(32-2)9-11-21(20)33-3/h5-14H,1-4H3,(H,29,31). The Labute approximate surface area is 206 Å². The van der Waals surface area contributed by atoms with Crippen LogP contribution in [0.15, 0.2) is 69.5 Å². The maximum absolute atomic E-state index is 13.3. The van der Waals surface area contributed by atoms with Gasteiger partial charge in [-0.3, -0.25) is 9.59 Å². The molecule has 0 saturated carbocycles. The van der Waals surface area contributed by atoms with E-state index in [1.165, 1.54) is 14.2 Å². The van der Waals surface area contributed by atoms with Crippen LogP contribution in [0, 0.1) is 6.92 Å². The Morgan fingerprint density at radius 1 is 0.833 bits per heavy atom. The van der Waals surface area contributed by atoms with E-state index in [1.54, 1.807) is 62.6 Å². The van der Waals surface area contributed by atoms with Crippen molar-refractivity contribution >= 4 is 39.3 Å². The molecule has 0 unspecified atom stereocenters. The van der Waals surface area contributed by atoms with Crippen LogP contribution in [0.3, 0.4) is 0 Å². The molecular weight excluding hydrogens is 462 g/mol. The minimum Gasteiger partial charge on any atom is -0.497 e. The minimum atomic E-state index is -0.411. The zero-order valence-corrected chi connectivity index (χ0v) is 20.1. The van der Waals surface area contributed by atoms with Crippen molar-refractivity contribution in [3.63, 3.8) is 0 Å². The summed E-state index contributed by atoms with van der Waals surface area (Å²) in [6.07, 6.45) is 0. The minimum absolute atomic E-state index is 0.152. The Bertz CT molecular complexity index is 1630. The predicted octanol–water partition coefficient (Wildman–Crippen LogP) is 6.00. The number of rotatable bonds is 7. The maximum atomic E-state index is 13.3. The van der Waals surface area contributed by atoms with Gasteiger partial charge in [-0.25, -0.2) is 0 Å². The molecule has 0 fully saturated rings. The maximum Gasteiger partial charge on any atom is 0.291 e. The molecule has 3 aromatic carbocycles. The number of carbonyl (C=O) groups is 2. The van der Waals surface area contributed by atoms with Crippen molar-refractivity contribution in [3.8, 4) is 17.2 Å². The van der Waals surface area contributed by atoms with Gasteiger partial charge in [0.15, 0.2) is 22.9 Å². The van der Waals surface area contributed by atoms with E-state index in [1.807, 2.05) is 12.1 Å². The Balaban J connectivity index is 1.46. The molecule has 0 aliphatic rings. The number of fused-ring (bicyclic) bond motifs is 2. The van der Waals surface area contributed by atoms with E-state index in [0.29, 0.717) is 50.6 Å². The lowest BCUT2D eigenvalue weighted by Crippen LogP contribution is -2.10. The molecule has 5 aromatic rings. The Morgan fingerprint density at radius 3 is 2.39 bits per heavy atom. The van der Waals surface area contributed by atoms with Gasteiger partial charge in [0.2, 0.25) is 5.78 Å². The number of para-hydroxylation sites is 1. The lowest BCUT2D eigenvalue weighted by Gasteiger charge is -2.08. The molecule has 0 atom stereocenters. The highest BCUT2D eigenvalue weighted by Crippen LogP contribution is 2.33. The first kappa shape index (κ1) is 23.0. The van der Waals surface area contributed by atoms with E-state index >= 15 is 0 Å². The summed E-state index contributed by atoms with van der Waals surface area (Å²) in [5, 5.41) is 4.30. The summed E-state index contributed by atoms with van der Waals surface area (Å²) in [7, 11) is 4.57. The van der Waals surface area contributed by atoms with E-state index in [9.17, 15) is 9.59 Å². The summed E-state index contributed by atoms with van der Waals surface area (Å²) in [6.45, 7) is 1.79. The summed E-state index contributed by atoms with van der Waals surface area (Å²) in [4.78, 5) is 26.2. The zero-order valence-electron chi connectivity index (χ0n) is 20.1. The van der Waals surface area contributed by atoms with Gasteiger partial charge in [0, 0.05) is 22.0 Å². The highest BCUT2D eigenvalue weighted by molar-refractivity contribution is 6.13. The van der Waals surface area contributed by atoms with Crippen LogP contribution in [-0.2, 0) is 0 Å². The van der Waals surface area contributed by atoms with Crippen LogP contribution >= 0.6 is 0 Å². The molecule has 8 nitrogen and oxygen atoms in total. The smallest absolute Gasteiger partial charge is 0.291 e. The number of carbonyl (C=O) groups excluding carboxylic acids is 2. The molecule has 2 heterocycles. The van der Waals surface area contributed by atoms with Crippen molar-refractivity contribution in [3.05, 3.63) is 83.3 Å². The quantitative estimate of drug-likeness (QED) is 0.282. The van der Waals surface area contributed by atoms with Crippen molar-refractivity contribution < 1.29 is 32.6 Å². The van der Waals surface area contributed by atoms with Gasteiger partial charge < -0.3 is 28.4 Å². The van der Waals surface area contributed by atoms with Gasteiger partial charge in [0.25, 0.3) is 5.91 Å². The first-order chi connectivity index (χ1) is 17.4. The molecule has 5 rings (SSSR count). The van der Waals surface area contributed by atoms with E-state index in [0.717, 1.165) is 5.39 Å². The fourth-order valence-electron chi connectivity index (χ4n) is 4.13. The highest BCUT2D eigenvalue weighted by Gasteiger charge is 2.23. The molecule has 36 heavy (non-hydrogen) atoms.